The zero-order chi connectivity index (χ0) is 24.9. The minimum Gasteiger partial charge on any atom is -0.496 e. The molecule has 35 heavy (non-hydrogen) atoms. The summed E-state index contributed by atoms with van der Waals surface area (Å²) >= 11 is 0. The first-order valence-electron chi connectivity index (χ1n) is 11.6. The van der Waals surface area contributed by atoms with Crippen LogP contribution < -0.4 is 15.8 Å². The molecule has 1 aromatic heterocycles. The van der Waals surface area contributed by atoms with Gasteiger partial charge in [0.1, 0.15) is 5.75 Å². The van der Waals surface area contributed by atoms with Crippen LogP contribution in [0.15, 0.2) is 60.8 Å². The lowest BCUT2D eigenvalue weighted by molar-refractivity contribution is 0.0431. The molecule has 182 valence electrons. The van der Waals surface area contributed by atoms with Gasteiger partial charge in [-0.05, 0) is 43.7 Å². The van der Waals surface area contributed by atoms with Crippen LogP contribution in [-0.4, -0.2) is 53.5 Å². The number of hydrogen-bond donors (Lipinski definition) is 2. The Morgan fingerprint density at radius 3 is 2.46 bits per heavy atom. The minimum absolute atomic E-state index is 0.0459. The molecule has 1 atom stereocenters. The van der Waals surface area contributed by atoms with E-state index in [0.717, 1.165) is 34.7 Å². The third kappa shape index (κ3) is 5.44. The Balaban J connectivity index is 1.56. The van der Waals surface area contributed by atoms with Crippen molar-refractivity contribution in [3.8, 4) is 5.75 Å². The first-order chi connectivity index (χ1) is 16.9. The fraction of sp³-hybridized carbons (Fsp3) is 0.296. The van der Waals surface area contributed by atoms with Crippen LogP contribution in [0.5, 0.6) is 5.75 Å². The topological polar surface area (TPSA) is 101 Å². The SMILES string of the molecule is COc1c(C)cnc(CN2CCN(C(=O)c3ccc(NC(N)=O)cc3)C(c3ccccc3)C2)c1C. The molecule has 3 N–H and O–H groups in total. The lowest BCUT2D eigenvalue weighted by Crippen LogP contribution is -2.50. The number of pyridine rings is 1. The molecule has 3 amide bonds. The van der Waals surface area contributed by atoms with Crippen LogP contribution in [0, 0.1) is 13.8 Å². The van der Waals surface area contributed by atoms with E-state index in [4.69, 9.17) is 10.5 Å². The molecule has 0 radical (unpaired) electrons. The van der Waals surface area contributed by atoms with E-state index in [1.807, 2.05) is 43.1 Å². The van der Waals surface area contributed by atoms with Crippen molar-refractivity contribution in [1.29, 1.82) is 0 Å². The molecule has 2 aromatic carbocycles. The van der Waals surface area contributed by atoms with Gasteiger partial charge in [-0.2, -0.15) is 0 Å². The maximum atomic E-state index is 13.5. The second-order valence-electron chi connectivity index (χ2n) is 8.77. The molecule has 4 rings (SSSR count). The number of nitrogens with two attached hydrogens (primary N) is 1. The van der Waals surface area contributed by atoms with Crippen LogP contribution in [-0.2, 0) is 6.54 Å². The van der Waals surface area contributed by atoms with E-state index in [1.54, 1.807) is 31.4 Å². The van der Waals surface area contributed by atoms with Crippen molar-refractivity contribution in [2.45, 2.75) is 26.4 Å². The highest BCUT2D eigenvalue weighted by Crippen LogP contribution is 2.30. The normalized spacial score (nSPS) is 16.1. The monoisotopic (exact) mass is 473 g/mol. The molecule has 1 saturated heterocycles. The van der Waals surface area contributed by atoms with E-state index in [0.29, 0.717) is 30.9 Å². The van der Waals surface area contributed by atoms with Crippen LogP contribution in [0.4, 0.5) is 10.5 Å². The highest BCUT2D eigenvalue weighted by molar-refractivity contribution is 5.95. The number of primary amides is 1. The summed E-state index contributed by atoms with van der Waals surface area (Å²) in [4.78, 5) is 33.5. The molecule has 2 heterocycles. The molecule has 1 aliphatic rings. The number of benzene rings is 2. The van der Waals surface area contributed by atoms with Gasteiger partial charge in [-0.25, -0.2) is 4.79 Å². The van der Waals surface area contributed by atoms with Crippen molar-refractivity contribution in [3.05, 3.63) is 88.7 Å². The van der Waals surface area contributed by atoms with Gasteiger partial charge in [0.05, 0.1) is 18.8 Å². The number of hydrogen-bond acceptors (Lipinski definition) is 5. The Kier molecular flexibility index (Phi) is 7.31. The molecule has 1 unspecified atom stereocenters. The minimum atomic E-state index is -0.639. The number of anilines is 1. The maximum absolute atomic E-state index is 13.5. The molecule has 0 spiro atoms. The molecule has 8 nitrogen and oxygen atoms in total. The first-order valence-corrected chi connectivity index (χ1v) is 11.6. The van der Waals surface area contributed by atoms with Gasteiger partial charge in [0.15, 0.2) is 0 Å². The van der Waals surface area contributed by atoms with Crippen molar-refractivity contribution < 1.29 is 14.3 Å². The number of ether oxygens (including phenoxy) is 1. The van der Waals surface area contributed by atoms with Crippen LogP contribution in [0.2, 0.25) is 0 Å². The number of carbonyl (C=O) groups excluding carboxylic acids is 2. The summed E-state index contributed by atoms with van der Waals surface area (Å²) in [6.45, 7) is 6.72. The van der Waals surface area contributed by atoms with Gasteiger partial charge >= 0.3 is 6.03 Å². The Bertz CT molecular complexity index is 1200. The molecule has 1 fully saturated rings. The van der Waals surface area contributed by atoms with Crippen molar-refractivity contribution in [1.82, 2.24) is 14.8 Å². The molecule has 1 aliphatic heterocycles. The van der Waals surface area contributed by atoms with Crippen LogP contribution in [0.25, 0.3) is 0 Å². The van der Waals surface area contributed by atoms with Gasteiger partial charge in [0, 0.05) is 54.8 Å². The fourth-order valence-corrected chi connectivity index (χ4v) is 4.63. The highest BCUT2D eigenvalue weighted by Gasteiger charge is 2.32. The predicted octanol–water partition coefficient (Wildman–Crippen LogP) is 3.90. The first kappa shape index (κ1) is 24.2. The molecule has 3 aromatic rings. The van der Waals surface area contributed by atoms with E-state index in [1.165, 1.54) is 0 Å². The smallest absolute Gasteiger partial charge is 0.316 e. The van der Waals surface area contributed by atoms with E-state index < -0.39 is 6.03 Å². The molecule has 0 bridgehead atoms. The number of aromatic nitrogens is 1. The lowest BCUT2D eigenvalue weighted by atomic mass is 10.00. The fourth-order valence-electron chi connectivity index (χ4n) is 4.63. The number of urea groups is 1. The predicted molar refractivity (Wildman–Crippen MR) is 135 cm³/mol. The zero-order valence-electron chi connectivity index (χ0n) is 20.3. The largest absolute Gasteiger partial charge is 0.496 e. The third-order valence-electron chi connectivity index (χ3n) is 6.43. The van der Waals surface area contributed by atoms with Crippen molar-refractivity contribution in [3.63, 3.8) is 0 Å². The van der Waals surface area contributed by atoms with E-state index in [2.05, 4.69) is 27.3 Å². The Hall–Kier alpha value is -3.91. The quantitative estimate of drug-likeness (QED) is 0.566. The van der Waals surface area contributed by atoms with Crippen molar-refractivity contribution in [2.75, 3.05) is 32.1 Å². The average molecular weight is 474 g/mol. The third-order valence-corrected chi connectivity index (χ3v) is 6.43. The standard InChI is InChI=1S/C27H31N5O3/c1-18-15-29-23(19(2)25(18)35-3)16-31-13-14-32(24(17-31)20-7-5-4-6-8-20)26(33)21-9-11-22(12-10-21)30-27(28)34/h4-12,15,24H,13-14,16-17H2,1-3H3,(H3,28,30,34). The number of rotatable bonds is 6. The number of amides is 3. The average Bonchev–Trinajstić information content (AvgIpc) is 2.86. The van der Waals surface area contributed by atoms with Crippen LogP contribution >= 0.6 is 0 Å². The van der Waals surface area contributed by atoms with E-state index in [9.17, 15) is 9.59 Å². The molecular formula is C27H31N5O3. The number of nitrogens with zero attached hydrogens (tertiary/aromatic N) is 3. The number of piperazine rings is 1. The Labute approximate surface area is 205 Å². The van der Waals surface area contributed by atoms with E-state index in [-0.39, 0.29) is 11.9 Å². The van der Waals surface area contributed by atoms with Gasteiger partial charge in [0.2, 0.25) is 0 Å². The summed E-state index contributed by atoms with van der Waals surface area (Å²) in [5.74, 6) is 0.827. The molecule has 0 saturated carbocycles. The summed E-state index contributed by atoms with van der Waals surface area (Å²) < 4.78 is 5.58. The van der Waals surface area contributed by atoms with Crippen LogP contribution in [0.3, 0.4) is 0 Å². The molecule has 8 heteroatoms. The number of nitrogens with one attached hydrogen (secondary N) is 1. The van der Waals surface area contributed by atoms with Crippen molar-refractivity contribution >= 4 is 17.6 Å². The van der Waals surface area contributed by atoms with Gasteiger partial charge in [0.25, 0.3) is 5.91 Å². The van der Waals surface area contributed by atoms with E-state index >= 15 is 0 Å². The zero-order valence-corrected chi connectivity index (χ0v) is 20.3. The van der Waals surface area contributed by atoms with Gasteiger partial charge in [-0.15, -0.1) is 0 Å². The maximum Gasteiger partial charge on any atom is 0.316 e. The summed E-state index contributed by atoms with van der Waals surface area (Å²) in [6, 6.07) is 16.2. The summed E-state index contributed by atoms with van der Waals surface area (Å²) in [5, 5.41) is 2.52. The molecule has 0 aliphatic carbocycles. The second-order valence-corrected chi connectivity index (χ2v) is 8.77. The number of aryl methyl sites for hydroxylation is 1. The van der Waals surface area contributed by atoms with Crippen molar-refractivity contribution in [2.24, 2.45) is 5.73 Å². The second kappa shape index (κ2) is 10.6. The Morgan fingerprint density at radius 1 is 1.09 bits per heavy atom. The number of methoxy groups -OCH3 is 1. The van der Waals surface area contributed by atoms with Gasteiger partial charge in [-0.3, -0.25) is 14.7 Å². The summed E-state index contributed by atoms with van der Waals surface area (Å²) in [6.07, 6.45) is 1.85. The highest BCUT2D eigenvalue weighted by atomic mass is 16.5. The lowest BCUT2D eigenvalue weighted by Gasteiger charge is -2.42. The summed E-state index contributed by atoms with van der Waals surface area (Å²) in [5.41, 5.74) is 10.4. The molecular weight excluding hydrogens is 442 g/mol. The van der Waals surface area contributed by atoms with Gasteiger partial charge < -0.3 is 20.7 Å². The Morgan fingerprint density at radius 2 is 1.80 bits per heavy atom. The van der Waals surface area contributed by atoms with Crippen LogP contribution in [0.1, 0.15) is 38.8 Å². The van der Waals surface area contributed by atoms with Gasteiger partial charge in [-0.1, -0.05) is 30.3 Å². The number of carbonyl (C=O) groups is 2. The summed E-state index contributed by atoms with van der Waals surface area (Å²) in [7, 11) is 1.69.